The van der Waals surface area contributed by atoms with Gasteiger partial charge in [-0.25, -0.2) is 4.68 Å². The number of rotatable bonds is 7. The minimum Gasteiger partial charge on any atom is -0.490 e. The summed E-state index contributed by atoms with van der Waals surface area (Å²) in [4.78, 5) is 16.0. The Kier molecular flexibility index (Phi) is 5.87. The Morgan fingerprint density at radius 1 is 1.21 bits per heavy atom. The van der Waals surface area contributed by atoms with Crippen LogP contribution in [0.1, 0.15) is 21.6 Å². The van der Waals surface area contributed by atoms with Crippen LogP contribution in [0, 0.1) is 0 Å². The van der Waals surface area contributed by atoms with E-state index in [0.717, 1.165) is 12.1 Å². The Morgan fingerprint density at radius 3 is 2.82 bits per heavy atom. The van der Waals surface area contributed by atoms with Crippen molar-refractivity contribution in [2.24, 2.45) is 0 Å². The van der Waals surface area contributed by atoms with Gasteiger partial charge in [0, 0.05) is 6.20 Å². The van der Waals surface area contributed by atoms with Crippen LogP contribution in [0.15, 0.2) is 55.0 Å². The second kappa shape index (κ2) is 8.51. The molecule has 0 bridgehead atoms. The van der Waals surface area contributed by atoms with E-state index < -0.39 is 17.6 Å². The van der Waals surface area contributed by atoms with Gasteiger partial charge in [0.1, 0.15) is 12.4 Å². The summed E-state index contributed by atoms with van der Waals surface area (Å²) in [6.07, 6.45) is 0.136. The molecule has 3 rings (SSSR count). The van der Waals surface area contributed by atoms with Crippen LogP contribution in [-0.2, 0) is 12.7 Å². The molecule has 3 aromatic rings. The van der Waals surface area contributed by atoms with Crippen molar-refractivity contribution in [2.75, 3.05) is 13.2 Å². The highest BCUT2D eigenvalue weighted by molar-refractivity contribution is 5.91. The Labute approximate surface area is 158 Å². The van der Waals surface area contributed by atoms with Gasteiger partial charge in [0.2, 0.25) is 0 Å². The largest absolute Gasteiger partial charge is 0.490 e. The van der Waals surface area contributed by atoms with Gasteiger partial charge in [-0.3, -0.25) is 9.78 Å². The first-order valence-corrected chi connectivity index (χ1v) is 8.29. The standard InChI is InChI=1S/C18H16F3N5O2/c19-18(20,21)14-4-1-3-13(9-14)11-26-12-16(24-25-26)17(27)23-7-8-28-15-5-2-6-22-10-15/h1-6,9-10,12H,7-8,11H2,(H,23,27). The number of pyridine rings is 1. The summed E-state index contributed by atoms with van der Waals surface area (Å²) in [5.41, 5.74) is -0.276. The van der Waals surface area contributed by atoms with Gasteiger partial charge < -0.3 is 10.1 Å². The molecule has 10 heteroatoms. The van der Waals surface area contributed by atoms with Crippen molar-refractivity contribution in [3.63, 3.8) is 0 Å². The van der Waals surface area contributed by atoms with Gasteiger partial charge in [-0.1, -0.05) is 17.3 Å². The number of hydrogen-bond donors (Lipinski definition) is 1. The van der Waals surface area contributed by atoms with E-state index in [2.05, 4.69) is 20.6 Å². The van der Waals surface area contributed by atoms with Crippen molar-refractivity contribution >= 4 is 5.91 Å². The van der Waals surface area contributed by atoms with Crippen LogP contribution in [0.2, 0.25) is 0 Å². The van der Waals surface area contributed by atoms with Gasteiger partial charge in [-0.05, 0) is 29.8 Å². The summed E-state index contributed by atoms with van der Waals surface area (Å²) < 4.78 is 45.0. The maximum Gasteiger partial charge on any atom is 0.416 e. The van der Waals surface area contributed by atoms with Crippen molar-refractivity contribution in [3.05, 3.63) is 71.8 Å². The Hall–Kier alpha value is -3.43. The molecule has 7 nitrogen and oxygen atoms in total. The number of alkyl halides is 3. The van der Waals surface area contributed by atoms with Gasteiger partial charge >= 0.3 is 6.18 Å². The molecule has 0 fully saturated rings. The fourth-order valence-corrected chi connectivity index (χ4v) is 2.37. The van der Waals surface area contributed by atoms with Crippen molar-refractivity contribution in [1.82, 2.24) is 25.3 Å². The number of nitrogens with zero attached hydrogens (tertiary/aromatic N) is 4. The lowest BCUT2D eigenvalue weighted by Gasteiger charge is -2.08. The maximum absolute atomic E-state index is 12.8. The third-order valence-corrected chi connectivity index (χ3v) is 3.66. The summed E-state index contributed by atoms with van der Waals surface area (Å²) in [6, 6.07) is 8.39. The fourth-order valence-electron chi connectivity index (χ4n) is 2.37. The maximum atomic E-state index is 12.8. The lowest BCUT2D eigenvalue weighted by molar-refractivity contribution is -0.137. The number of hydrogen-bond acceptors (Lipinski definition) is 5. The smallest absolute Gasteiger partial charge is 0.416 e. The Balaban J connectivity index is 1.51. The minimum absolute atomic E-state index is 0.0633. The van der Waals surface area contributed by atoms with E-state index >= 15 is 0 Å². The molecule has 0 aliphatic rings. The zero-order valence-corrected chi connectivity index (χ0v) is 14.6. The van der Waals surface area contributed by atoms with E-state index in [0.29, 0.717) is 11.3 Å². The van der Waals surface area contributed by atoms with Gasteiger partial charge in [0.25, 0.3) is 5.91 Å². The molecule has 2 aromatic heterocycles. The zero-order valence-electron chi connectivity index (χ0n) is 14.6. The third-order valence-electron chi connectivity index (χ3n) is 3.66. The second-order valence-electron chi connectivity index (χ2n) is 5.79. The highest BCUT2D eigenvalue weighted by atomic mass is 19.4. The number of aromatic nitrogens is 4. The Morgan fingerprint density at radius 2 is 2.07 bits per heavy atom. The molecule has 146 valence electrons. The van der Waals surface area contributed by atoms with E-state index in [1.165, 1.54) is 16.9 Å². The predicted octanol–water partition coefficient (Wildman–Crippen LogP) is 2.55. The van der Waals surface area contributed by atoms with E-state index in [-0.39, 0.29) is 25.4 Å². The molecule has 0 radical (unpaired) electrons. The SMILES string of the molecule is O=C(NCCOc1cccnc1)c1cn(Cc2cccc(C(F)(F)F)c2)nn1. The lowest BCUT2D eigenvalue weighted by atomic mass is 10.1. The van der Waals surface area contributed by atoms with E-state index in [4.69, 9.17) is 4.74 Å². The second-order valence-corrected chi connectivity index (χ2v) is 5.79. The van der Waals surface area contributed by atoms with Crippen LogP contribution in [0.3, 0.4) is 0 Å². The normalized spacial score (nSPS) is 11.2. The lowest BCUT2D eigenvalue weighted by Crippen LogP contribution is -2.28. The third kappa shape index (κ3) is 5.29. The monoisotopic (exact) mass is 391 g/mol. The van der Waals surface area contributed by atoms with Gasteiger partial charge in [0.15, 0.2) is 5.69 Å². The Bertz CT molecular complexity index is 928. The number of carbonyl (C=O) groups excluding carboxylic acids is 1. The topological polar surface area (TPSA) is 81.9 Å². The summed E-state index contributed by atoms with van der Waals surface area (Å²) in [5.74, 6) is 0.133. The highest BCUT2D eigenvalue weighted by Gasteiger charge is 2.30. The van der Waals surface area contributed by atoms with Crippen molar-refractivity contribution in [1.29, 1.82) is 0 Å². The number of halogens is 3. The fraction of sp³-hybridized carbons (Fsp3) is 0.222. The molecule has 1 aromatic carbocycles. The summed E-state index contributed by atoms with van der Waals surface area (Å²) in [6.45, 7) is 0.554. The molecule has 0 saturated heterocycles. The quantitative estimate of drug-likeness (QED) is 0.626. The van der Waals surface area contributed by atoms with Crippen LogP contribution < -0.4 is 10.1 Å². The molecule has 0 aliphatic heterocycles. The zero-order chi connectivity index (χ0) is 20.0. The molecular formula is C18H16F3N5O2. The summed E-state index contributed by atoms with van der Waals surface area (Å²) in [7, 11) is 0. The molecule has 28 heavy (non-hydrogen) atoms. The first kappa shape index (κ1) is 19.3. The van der Waals surface area contributed by atoms with Crippen LogP contribution in [0.25, 0.3) is 0 Å². The van der Waals surface area contributed by atoms with E-state index in [1.54, 1.807) is 30.6 Å². The van der Waals surface area contributed by atoms with Gasteiger partial charge in [0.05, 0.1) is 31.0 Å². The van der Waals surface area contributed by atoms with E-state index in [9.17, 15) is 18.0 Å². The van der Waals surface area contributed by atoms with Crippen LogP contribution in [0.4, 0.5) is 13.2 Å². The summed E-state index contributed by atoms with van der Waals surface area (Å²) in [5, 5.41) is 10.2. The number of carbonyl (C=O) groups is 1. The molecule has 0 spiro atoms. The molecule has 0 atom stereocenters. The average molecular weight is 391 g/mol. The molecule has 0 aliphatic carbocycles. The van der Waals surface area contributed by atoms with Gasteiger partial charge in [-0.2, -0.15) is 13.2 Å². The average Bonchev–Trinajstić information content (AvgIpc) is 3.14. The van der Waals surface area contributed by atoms with Crippen LogP contribution >= 0.6 is 0 Å². The molecule has 1 N–H and O–H groups in total. The van der Waals surface area contributed by atoms with Gasteiger partial charge in [-0.15, -0.1) is 5.10 Å². The predicted molar refractivity (Wildman–Crippen MR) is 92.6 cm³/mol. The van der Waals surface area contributed by atoms with Crippen molar-refractivity contribution in [2.45, 2.75) is 12.7 Å². The highest BCUT2D eigenvalue weighted by Crippen LogP contribution is 2.29. The minimum atomic E-state index is -4.42. The number of nitrogens with one attached hydrogen (secondary N) is 1. The van der Waals surface area contributed by atoms with Crippen molar-refractivity contribution in [3.8, 4) is 5.75 Å². The molecule has 0 unspecified atom stereocenters. The summed E-state index contributed by atoms with van der Waals surface area (Å²) >= 11 is 0. The molecule has 2 heterocycles. The van der Waals surface area contributed by atoms with Crippen LogP contribution in [0.5, 0.6) is 5.75 Å². The first-order chi connectivity index (χ1) is 13.4. The molecular weight excluding hydrogens is 375 g/mol. The number of ether oxygens (including phenoxy) is 1. The number of amides is 1. The first-order valence-electron chi connectivity index (χ1n) is 8.29. The molecule has 1 amide bonds. The van der Waals surface area contributed by atoms with Crippen molar-refractivity contribution < 1.29 is 22.7 Å². The van der Waals surface area contributed by atoms with E-state index in [1.807, 2.05) is 0 Å². The number of benzene rings is 1. The molecule has 0 saturated carbocycles. The van der Waals surface area contributed by atoms with Crippen LogP contribution in [-0.4, -0.2) is 39.0 Å².